The molecule has 0 bridgehead atoms. The van der Waals surface area contributed by atoms with Gasteiger partial charge in [0.15, 0.2) is 5.96 Å². The third-order valence-electron chi connectivity index (χ3n) is 6.06. The van der Waals surface area contributed by atoms with Gasteiger partial charge >= 0.3 is 0 Å². The Kier molecular flexibility index (Phi) is 10.6. The molecule has 0 amide bonds. The molecular formula is C25H36IN3O2. The molecule has 1 atom stereocenters. The van der Waals surface area contributed by atoms with E-state index in [-0.39, 0.29) is 29.4 Å². The second kappa shape index (κ2) is 12.9. The van der Waals surface area contributed by atoms with Crippen molar-refractivity contribution in [1.82, 2.24) is 10.6 Å². The van der Waals surface area contributed by atoms with E-state index in [4.69, 9.17) is 9.47 Å². The highest BCUT2D eigenvalue weighted by atomic mass is 127. The van der Waals surface area contributed by atoms with E-state index < -0.39 is 0 Å². The van der Waals surface area contributed by atoms with Crippen LogP contribution in [0.25, 0.3) is 0 Å². The molecule has 0 radical (unpaired) electrons. The minimum Gasteiger partial charge on any atom is -0.497 e. The summed E-state index contributed by atoms with van der Waals surface area (Å²) in [6, 6.07) is 19.4. The van der Waals surface area contributed by atoms with Crippen molar-refractivity contribution in [3.63, 3.8) is 0 Å². The molecule has 1 aliphatic heterocycles. The molecule has 2 aromatic rings. The van der Waals surface area contributed by atoms with Crippen LogP contribution in [0.3, 0.4) is 0 Å². The van der Waals surface area contributed by atoms with Crippen LogP contribution in [-0.4, -0.2) is 45.9 Å². The fourth-order valence-electron chi connectivity index (χ4n) is 4.06. The average Bonchev–Trinajstić information content (AvgIpc) is 2.81. The van der Waals surface area contributed by atoms with Crippen LogP contribution in [0.2, 0.25) is 0 Å². The van der Waals surface area contributed by atoms with Crippen molar-refractivity contribution in [3.8, 4) is 5.75 Å². The molecule has 0 saturated carbocycles. The molecule has 0 aromatic heterocycles. The van der Waals surface area contributed by atoms with Crippen LogP contribution >= 0.6 is 24.0 Å². The molecule has 6 heteroatoms. The minimum absolute atomic E-state index is 0. The van der Waals surface area contributed by atoms with E-state index in [0.29, 0.717) is 6.04 Å². The summed E-state index contributed by atoms with van der Waals surface area (Å²) in [6.07, 6.45) is 4.10. The van der Waals surface area contributed by atoms with Crippen molar-refractivity contribution in [2.45, 2.75) is 44.1 Å². The van der Waals surface area contributed by atoms with Crippen molar-refractivity contribution in [2.75, 3.05) is 33.9 Å². The molecule has 2 N–H and O–H groups in total. The molecule has 0 spiro atoms. The van der Waals surface area contributed by atoms with Crippen LogP contribution in [-0.2, 0) is 16.6 Å². The number of hydrogen-bond donors (Lipinski definition) is 2. The molecular weight excluding hydrogens is 501 g/mol. The highest BCUT2D eigenvalue weighted by Gasteiger charge is 2.34. The maximum Gasteiger partial charge on any atom is 0.191 e. The lowest BCUT2D eigenvalue weighted by atomic mass is 9.74. The molecule has 1 unspecified atom stereocenters. The lowest BCUT2D eigenvalue weighted by Gasteiger charge is -2.38. The molecule has 3 rings (SSSR count). The third-order valence-corrected chi connectivity index (χ3v) is 6.06. The number of methoxy groups -OCH3 is 1. The van der Waals surface area contributed by atoms with E-state index in [9.17, 15) is 0 Å². The summed E-state index contributed by atoms with van der Waals surface area (Å²) < 4.78 is 11.0. The Labute approximate surface area is 204 Å². The van der Waals surface area contributed by atoms with Crippen molar-refractivity contribution in [3.05, 3.63) is 65.7 Å². The molecule has 1 aliphatic rings. The fraction of sp³-hybridized carbons (Fsp3) is 0.480. The Morgan fingerprint density at radius 3 is 2.39 bits per heavy atom. The van der Waals surface area contributed by atoms with Gasteiger partial charge in [-0.2, -0.15) is 0 Å². The van der Waals surface area contributed by atoms with Crippen LogP contribution in [0.5, 0.6) is 5.75 Å². The number of nitrogens with one attached hydrogen (secondary N) is 2. The smallest absolute Gasteiger partial charge is 0.191 e. The van der Waals surface area contributed by atoms with Gasteiger partial charge in [-0.3, -0.25) is 4.99 Å². The monoisotopic (exact) mass is 537 g/mol. The number of guanidine groups is 1. The standard InChI is InChI=1S/C25H35N3O2.HI/c1-20(9-10-21-7-5-4-6-8-21)28-24(26-2)27-19-25(15-17-30-18-16-25)22-11-13-23(29-3)14-12-22;/h4-8,11-14,20H,9-10,15-19H2,1-3H3,(H2,26,27,28);1H. The minimum atomic E-state index is 0. The van der Waals surface area contributed by atoms with Crippen LogP contribution in [0.15, 0.2) is 59.6 Å². The van der Waals surface area contributed by atoms with Gasteiger partial charge in [-0.15, -0.1) is 24.0 Å². The van der Waals surface area contributed by atoms with Crippen LogP contribution in [0, 0.1) is 0 Å². The van der Waals surface area contributed by atoms with E-state index in [1.165, 1.54) is 11.1 Å². The van der Waals surface area contributed by atoms with E-state index in [2.05, 4.69) is 65.0 Å². The number of halogens is 1. The van der Waals surface area contributed by atoms with Gasteiger partial charge in [-0.25, -0.2) is 0 Å². The van der Waals surface area contributed by atoms with Gasteiger partial charge in [0, 0.05) is 38.3 Å². The average molecular weight is 537 g/mol. The summed E-state index contributed by atoms with van der Waals surface area (Å²) >= 11 is 0. The first-order chi connectivity index (χ1) is 14.6. The lowest BCUT2D eigenvalue weighted by molar-refractivity contribution is 0.0513. The van der Waals surface area contributed by atoms with Gasteiger partial charge in [-0.1, -0.05) is 42.5 Å². The van der Waals surface area contributed by atoms with E-state index in [0.717, 1.165) is 57.2 Å². The van der Waals surface area contributed by atoms with Gasteiger partial charge in [0.25, 0.3) is 0 Å². The Hall–Kier alpha value is -1.80. The number of ether oxygens (including phenoxy) is 2. The number of hydrogen-bond acceptors (Lipinski definition) is 3. The number of aryl methyl sites for hydroxylation is 1. The van der Waals surface area contributed by atoms with Gasteiger partial charge in [0.2, 0.25) is 0 Å². The summed E-state index contributed by atoms with van der Waals surface area (Å²) in [5, 5.41) is 7.14. The summed E-state index contributed by atoms with van der Waals surface area (Å²) in [6.45, 7) is 4.61. The van der Waals surface area contributed by atoms with Crippen LogP contribution in [0.4, 0.5) is 0 Å². The molecule has 170 valence electrons. The molecule has 1 heterocycles. The molecule has 31 heavy (non-hydrogen) atoms. The van der Waals surface area contributed by atoms with Crippen molar-refractivity contribution < 1.29 is 9.47 Å². The van der Waals surface area contributed by atoms with Crippen LogP contribution < -0.4 is 15.4 Å². The number of aliphatic imine (C=N–C) groups is 1. The zero-order chi connectivity index (χ0) is 21.2. The summed E-state index contributed by atoms with van der Waals surface area (Å²) in [7, 11) is 3.54. The quantitative estimate of drug-likeness (QED) is 0.295. The van der Waals surface area contributed by atoms with E-state index in [1.807, 2.05) is 19.2 Å². The topological polar surface area (TPSA) is 54.9 Å². The zero-order valence-electron chi connectivity index (χ0n) is 18.9. The summed E-state index contributed by atoms with van der Waals surface area (Å²) in [5.74, 6) is 1.74. The Bertz CT molecular complexity index is 790. The predicted molar refractivity (Wildman–Crippen MR) is 139 cm³/mol. The normalized spacial score (nSPS) is 16.7. The second-order valence-corrected chi connectivity index (χ2v) is 8.12. The largest absolute Gasteiger partial charge is 0.497 e. The maximum atomic E-state index is 5.66. The first-order valence-electron chi connectivity index (χ1n) is 10.9. The first kappa shape index (κ1) is 25.5. The summed E-state index contributed by atoms with van der Waals surface area (Å²) in [5.41, 5.74) is 2.73. The van der Waals surface area contributed by atoms with Crippen LogP contribution in [0.1, 0.15) is 37.3 Å². The molecule has 1 saturated heterocycles. The highest BCUT2D eigenvalue weighted by molar-refractivity contribution is 14.0. The lowest BCUT2D eigenvalue weighted by Crippen LogP contribution is -2.49. The molecule has 2 aromatic carbocycles. The number of benzene rings is 2. The first-order valence-corrected chi connectivity index (χ1v) is 10.9. The predicted octanol–water partition coefficient (Wildman–Crippen LogP) is 4.55. The van der Waals surface area contributed by atoms with Crippen molar-refractivity contribution in [2.24, 2.45) is 4.99 Å². The molecule has 0 aliphatic carbocycles. The van der Waals surface area contributed by atoms with Gasteiger partial charge < -0.3 is 20.1 Å². The molecule has 5 nitrogen and oxygen atoms in total. The van der Waals surface area contributed by atoms with Crippen molar-refractivity contribution in [1.29, 1.82) is 0 Å². The highest BCUT2D eigenvalue weighted by Crippen LogP contribution is 2.35. The Balaban J connectivity index is 0.00000341. The maximum absolute atomic E-state index is 5.66. The Morgan fingerprint density at radius 1 is 1.10 bits per heavy atom. The van der Waals surface area contributed by atoms with Gasteiger partial charge in [0.1, 0.15) is 5.75 Å². The second-order valence-electron chi connectivity index (χ2n) is 8.12. The van der Waals surface area contributed by atoms with Gasteiger partial charge in [0.05, 0.1) is 7.11 Å². The van der Waals surface area contributed by atoms with Gasteiger partial charge in [-0.05, 0) is 55.9 Å². The number of nitrogens with zero attached hydrogens (tertiary/aromatic N) is 1. The fourth-order valence-corrected chi connectivity index (χ4v) is 4.06. The van der Waals surface area contributed by atoms with E-state index in [1.54, 1.807) is 7.11 Å². The Morgan fingerprint density at radius 2 is 1.77 bits per heavy atom. The summed E-state index contributed by atoms with van der Waals surface area (Å²) in [4.78, 5) is 4.46. The zero-order valence-corrected chi connectivity index (χ0v) is 21.2. The number of rotatable bonds is 8. The van der Waals surface area contributed by atoms with Crippen molar-refractivity contribution >= 4 is 29.9 Å². The molecule has 1 fully saturated rings. The third kappa shape index (κ3) is 7.38. The SMILES string of the molecule is CN=C(NCC1(c2ccc(OC)cc2)CCOCC1)NC(C)CCc1ccccc1.I. The van der Waals surface area contributed by atoms with E-state index >= 15 is 0 Å².